The van der Waals surface area contributed by atoms with Crippen LogP contribution in [0.15, 0.2) is 47.1 Å². The van der Waals surface area contributed by atoms with E-state index in [0.717, 1.165) is 16.9 Å². The SMILES string of the molecule is COc1ccc(-c2noc(CCCC(=O)Nc3ncccc3C)n2)cc1. The van der Waals surface area contributed by atoms with Crippen LogP contribution in [0.1, 0.15) is 24.3 Å². The number of ether oxygens (including phenoxy) is 1. The second kappa shape index (κ2) is 8.24. The summed E-state index contributed by atoms with van der Waals surface area (Å²) in [6.45, 7) is 1.90. The number of hydrogen-bond acceptors (Lipinski definition) is 6. The molecule has 134 valence electrons. The molecule has 0 saturated heterocycles. The number of pyridine rings is 1. The number of hydrogen-bond donors (Lipinski definition) is 1. The molecule has 3 rings (SSSR count). The minimum absolute atomic E-state index is 0.0818. The van der Waals surface area contributed by atoms with E-state index in [2.05, 4.69) is 20.4 Å². The third-order valence-electron chi connectivity index (χ3n) is 3.88. The van der Waals surface area contributed by atoms with Crippen LogP contribution in [0.3, 0.4) is 0 Å². The van der Waals surface area contributed by atoms with Crippen molar-refractivity contribution in [1.82, 2.24) is 15.1 Å². The van der Waals surface area contributed by atoms with E-state index in [-0.39, 0.29) is 5.91 Å². The van der Waals surface area contributed by atoms with Crippen LogP contribution < -0.4 is 10.1 Å². The highest BCUT2D eigenvalue weighted by Gasteiger charge is 2.10. The lowest BCUT2D eigenvalue weighted by Crippen LogP contribution is -2.13. The zero-order chi connectivity index (χ0) is 18.4. The largest absolute Gasteiger partial charge is 0.497 e. The van der Waals surface area contributed by atoms with E-state index in [0.29, 0.717) is 36.8 Å². The molecular weight excluding hydrogens is 332 g/mol. The molecule has 0 spiro atoms. The zero-order valence-electron chi connectivity index (χ0n) is 14.7. The van der Waals surface area contributed by atoms with Gasteiger partial charge in [-0.1, -0.05) is 11.2 Å². The van der Waals surface area contributed by atoms with Gasteiger partial charge in [0.25, 0.3) is 0 Å². The van der Waals surface area contributed by atoms with Crippen LogP contribution in [0.5, 0.6) is 5.75 Å². The van der Waals surface area contributed by atoms with Gasteiger partial charge in [-0.2, -0.15) is 4.98 Å². The quantitative estimate of drug-likeness (QED) is 0.701. The number of carbonyl (C=O) groups is 1. The highest BCUT2D eigenvalue weighted by Crippen LogP contribution is 2.20. The van der Waals surface area contributed by atoms with Crippen LogP contribution in [0.4, 0.5) is 5.82 Å². The van der Waals surface area contributed by atoms with Gasteiger partial charge in [-0.05, 0) is 49.2 Å². The normalized spacial score (nSPS) is 10.5. The number of amides is 1. The van der Waals surface area contributed by atoms with Gasteiger partial charge in [0, 0.05) is 24.6 Å². The van der Waals surface area contributed by atoms with Crippen molar-refractivity contribution in [1.29, 1.82) is 0 Å². The third-order valence-corrected chi connectivity index (χ3v) is 3.88. The van der Waals surface area contributed by atoms with Crippen LogP contribution in [0, 0.1) is 6.92 Å². The van der Waals surface area contributed by atoms with Crippen molar-refractivity contribution in [3.63, 3.8) is 0 Å². The molecule has 0 aliphatic rings. The summed E-state index contributed by atoms with van der Waals surface area (Å²) in [6, 6.07) is 11.2. The maximum absolute atomic E-state index is 12.0. The van der Waals surface area contributed by atoms with E-state index in [1.54, 1.807) is 13.3 Å². The molecule has 0 bridgehead atoms. The Morgan fingerprint density at radius 3 is 2.77 bits per heavy atom. The highest BCUT2D eigenvalue weighted by molar-refractivity contribution is 5.90. The molecule has 0 saturated carbocycles. The molecule has 7 nitrogen and oxygen atoms in total. The summed E-state index contributed by atoms with van der Waals surface area (Å²) in [5, 5.41) is 6.79. The molecule has 7 heteroatoms. The lowest BCUT2D eigenvalue weighted by Gasteiger charge is -2.05. The average Bonchev–Trinajstić information content (AvgIpc) is 3.12. The molecule has 1 aromatic carbocycles. The number of carbonyl (C=O) groups excluding carboxylic acids is 1. The lowest BCUT2D eigenvalue weighted by molar-refractivity contribution is -0.116. The summed E-state index contributed by atoms with van der Waals surface area (Å²) in [5.74, 6) is 2.32. The predicted molar refractivity (Wildman–Crippen MR) is 96.8 cm³/mol. The molecule has 0 atom stereocenters. The molecule has 0 aliphatic heterocycles. The Morgan fingerprint density at radius 2 is 2.04 bits per heavy atom. The Hall–Kier alpha value is -3.22. The minimum atomic E-state index is -0.0818. The number of nitrogens with zero attached hydrogens (tertiary/aromatic N) is 3. The van der Waals surface area contributed by atoms with Gasteiger partial charge in [0.15, 0.2) is 0 Å². The molecule has 26 heavy (non-hydrogen) atoms. The number of aryl methyl sites for hydroxylation is 2. The molecule has 0 radical (unpaired) electrons. The van der Waals surface area contributed by atoms with E-state index < -0.39 is 0 Å². The van der Waals surface area contributed by atoms with Crippen molar-refractivity contribution in [3.8, 4) is 17.1 Å². The smallest absolute Gasteiger partial charge is 0.226 e. The second-order valence-corrected chi connectivity index (χ2v) is 5.81. The van der Waals surface area contributed by atoms with Gasteiger partial charge in [0.1, 0.15) is 11.6 Å². The zero-order valence-corrected chi connectivity index (χ0v) is 14.7. The number of aromatic nitrogens is 3. The van der Waals surface area contributed by atoms with Crippen LogP contribution in [-0.2, 0) is 11.2 Å². The first-order valence-electron chi connectivity index (χ1n) is 8.34. The minimum Gasteiger partial charge on any atom is -0.497 e. The molecule has 3 aromatic rings. The summed E-state index contributed by atoms with van der Waals surface area (Å²) in [5.41, 5.74) is 1.78. The Balaban J connectivity index is 1.50. The van der Waals surface area contributed by atoms with Crippen molar-refractivity contribution in [3.05, 3.63) is 54.0 Å². The topological polar surface area (TPSA) is 90.1 Å². The van der Waals surface area contributed by atoms with Crippen molar-refractivity contribution >= 4 is 11.7 Å². The average molecular weight is 352 g/mol. The number of anilines is 1. The molecule has 2 aromatic heterocycles. The van der Waals surface area contributed by atoms with Crippen molar-refractivity contribution in [2.45, 2.75) is 26.2 Å². The van der Waals surface area contributed by atoms with Crippen LogP contribution in [-0.4, -0.2) is 28.1 Å². The van der Waals surface area contributed by atoms with Crippen LogP contribution in [0.25, 0.3) is 11.4 Å². The Labute approximate surface area is 151 Å². The van der Waals surface area contributed by atoms with Gasteiger partial charge in [-0.15, -0.1) is 0 Å². The monoisotopic (exact) mass is 352 g/mol. The number of rotatable bonds is 7. The third kappa shape index (κ3) is 4.44. The maximum atomic E-state index is 12.0. The molecule has 0 aliphatic carbocycles. The van der Waals surface area contributed by atoms with Gasteiger partial charge >= 0.3 is 0 Å². The van der Waals surface area contributed by atoms with Gasteiger partial charge in [-0.3, -0.25) is 4.79 Å². The van der Waals surface area contributed by atoms with E-state index in [1.165, 1.54) is 0 Å². The predicted octanol–water partition coefficient (Wildman–Crippen LogP) is 3.41. The summed E-state index contributed by atoms with van der Waals surface area (Å²) in [7, 11) is 1.62. The highest BCUT2D eigenvalue weighted by atomic mass is 16.5. The van der Waals surface area contributed by atoms with Gasteiger partial charge in [0.05, 0.1) is 7.11 Å². The first-order chi connectivity index (χ1) is 12.7. The van der Waals surface area contributed by atoms with Crippen molar-refractivity contribution < 1.29 is 14.1 Å². The second-order valence-electron chi connectivity index (χ2n) is 5.81. The van der Waals surface area contributed by atoms with Gasteiger partial charge in [-0.25, -0.2) is 4.98 Å². The molecule has 1 amide bonds. The summed E-state index contributed by atoms with van der Waals surface area (Å²) < 4.78 is 10.4. The number of benzene rings is 1. The van der Waals surface area contributed by atoms with Crippen molar-refractivity contribution in [2.75, 3.05) is 12.4 Å². The van der Waals surface area contributed by atoms with E-state index >= 15 is 0 Å². The number of nitrogens with one attached hydrogen (secondary N) is 1. The van der Waals surface area contributed by atoms with E-state index in [1.807, 2.05) is 43.3 Å². The maximum Gasteiger partial charge on any atom is 0.226 e. The van der Waals surface area contributed by atoms with Crippen LogP contribution >= 0.6 is 0 Å². The molecule has 0 fully saturated rings. The van der Waals surface area contributed by atoms with Gasteiger partial charge in [0.2, 0.25) is 17.6 Å². The standard InChI is InChI=1S/C19H20N4O3/c1-13-5-4-12-20-18(13)21-16(24)6-3-7-17-22-19(23-26-17)14-8-10-15(25-2)11-9-14/h4-5,8-12H,3,6-7H2,1-2H3,(H,20,21,24). The van der Waals surface area contributed by atoms with Gasteiger partial charge < -0.3 is 14.6 Å². The molecule has 0 unspecified atom stereocenters. The summed E-state index contributed by atoms with van der Waals surface area (Å²) in [4.78, 5) is 20.5. The molecular formula is C19H20N4O3. The first-order valence-corrected chi connectivity index (χ1v) is 8.34. The summed E-state index contributed by atoms with van der Waals surface area (Å²) in [6.07, 6.45) is 3.16. The lowest BCUT2D eigenvalue weighted by atomic mass is 10.2. The fraction of sp³-hybridized carbons (Fsp3) is 0.263. The van der Waals surface area contributed by atoms with Crippen molar-refractivity contribution in [2.24, 2.45) is 0 Å². The van der Waals surface area contributed by atoms with E-state index in [4.69, 9.17) is 9.26 Å². The molecule has 2 heterocycles. The fourth-order valence-electron chi connectivity index (χ4n) is 2.43. The summed E-state index contributed by atoms with van der Waals surface area (Å²) >= 11 is 0. The number of methoxy groups -OCH3 is 1. The Bertz CT molecular complexity index is 875. The Kier molecular flexibility index (Phi) is 5.58. The molecule has 1 N–H and O–H groups in total. The fourth-order valence-corrected chi connectivity index (χ4v) is 2.43. The van der Waals surface area contributed by atoms with E-state index in [9.17, 15) is 4.79 Å². The first kappa shape index (κ1) is 17.6. The Morgan fingerprint density at radius 1 is 1.23 bits per heavy atom. The van der Waals surface area contributed by atoms with Crippen LogP contribution in [0.2, 0.25) is 0 Å².